The van der Waals surface area contributed by atoms with Gasteiger partial charge in [-0.2, -0.15) is 0 Å². The summed E-state index contributed by atoms with van der Waals surface area (Å²) in [5.74, 6) is -0.496. The van der Waals surface area contributed by atoms with Gasteiger partial charge in [0.15, 0.2) is 16.7 Å². The Morgan fingerprint density at radius 2 is 1.92 bits per heavy atom. The van der Waals surface area contributed by atoms with Gasteiger partial charge in [0.1, 0.15) is 0 Å². The molecular formula is C13H15N5O4S2. The Balaban J connectivity index is 2.32. The van der Waals surface area contributed by atoms with Gasteiger partial charge in [0.05, 0.1) is 4.90 Å². The standard InChI is InChI=1S/C13H15N5O4S2/c1-7(19)15-8-3-5-9(6-4-8)24(21,22)18-10-11(14)16-13(23-2)17-12(10)20/h3-6,18H,1-2H3,(H,15,19)(H3,14,16,17,20). The number of anilines is 3. The second kappa shape index (κ2) is 6.93. The summed E-state index contributed by atoms with van der Waals surface area (Å²) in [6.07, 6.45) is 1.69. The maximum absolute atomic E-state index is 12.4. The van der Waals surface area contributed by atoms with E-state index in [1.54, 1.807) is 6.26 Å². The number of nitrogens with one attached hydrogen (secondary N) is 3. The molecule has 0 atom stereocenters. The van der Waals surface area contributed by atoms with Crippen LogP contribution >= 0.6 is 11.8 Å². The normalized spacial score (nSPS) is 11.1. The van der Waals surface area contributed by atoms with Crippen LogP contribution in [0.15, 0.2) is 39.1 Å². The van der Waals surface area contributed by atoms with Gasteiger partial charge in [0, 0.05) is 12.6 Å². The summed E-state index contributed by atoms with van der Waals surface area (Å²) in [5.41, 5.74) is 5.05. The molecule has 11 heteroatoms. The second-order valence-electron chi connectivity index (χ2n) is 4.65. The van der Waals surface area contributed by atoms with Crippen molar-refractivity contribution in [2.45, 2.75) is 17.0 Å². The lowest BCUT2D eigenvalue weighted by atomic mass is 10.3. The zero-order chi connectivity index (χ0) is 17.9. The van der Waals surface area contributed by atoms with E-state index in [0.717, 1.165) is 0 Å². The Bertz CT molecular complexity index is 922. The van der Waals surface area contributed by atoms with Gasteiger partial charge in [-0.1, -0.05) is 11.8 Å². The molecule has 0 radical (unpaired) electrons. The molecule has 0 saturated carbocycles. The van der Waals surface area contributed by atoms with E-state index in [4.69, 9.17) is 5.73 Å². The van der Waals surface area contributed by atoms with Crippen molar-refractivity contribution in [2.75, 3.05) is 22.0 Å². The first kappa shape index (κ1) is 17.8. The zero-order valence-electron chi connectivity index (χ0n) is 12.8. The quantitative estimate of drug-likeness (QED) is 0.451. The predicted molar refractivity (Wildman–Crippen MR) is 92.6 cm³/mol. The number of aromatic amines is 1. The van der Waals surface area contributed by atoms with Gasteiger partial charge in [-0.25, -0.2) is 13.4 Å². The summed E-state index contributed by atoms with van der Waals surface area (Å²) in [6.45, 7) is 1.34. The second-order valence-corrected chi connectivity index (χ2v) is 7.12. The lowest BCUT2D eigenvalue weighted by molar-refractivity contribution is -0.114. The van der Waals surface area contributed by atoms with Crippen molar-refractivity contribution in [3.63, 3.8) is 0 Å². The third-order valence-electron chi connectivity index (χ3n) is 2.84. The summed E-state index contributed by atoms with van der Waals surface area (Å²) < 4.78 is 26.8. The average molecular weight is 369 g/mol. The van der Waals surface area contributed by atoms with Gasteiger partial charge < -0.3 is 11.1 Å². The molecule has 2 aromatic rings. The predicted octanol–water partition coefficient (Wildman–Crippen LogP) is 0.833. The first-order valence-corrected chi connectivity index (χ1v) is 9.28. The van der Waals surface area contributed by atoms with Crippen LogP contribution in [-0.4, -0.2) is 30.5 Å². The highest BCUT2D eigenvalue weighted by Gasteiger charge is 2.19. The number of nitrogens with zero attached hydrogens (tertiary/aromatic N) is 1. The molecule has 128 valence electrons. The third-order valence-corrected chi connectivity index (χ3v) is 4.79. The number of aromatic nitrogens is 2. The number of rotatable bonds is 5. The number of thioether (sulfide) groups is 1. The van der Waals surface area contributed by atoms with Crippen LogP contribution in [-0.2, 0) is 14.8 Å². The first-order chi connectivity index (χ1) is 11.2. The third kappa shape index (κ3) is 4.06. The van der Waals surface area contributed by atoms with Gasteiger partial charge in [-0.3, -0.25) is 19.3 Å². The van der Waals surface area contributed by atoms with Gasteiger partial charge in [-0.15, -0.1) is 0 Å². The van der Waals surface area contributed by atoms with E-state index in [2.05, 4.69) is 20.0 Å². The molecule has 1 aromatic heterocycles. The number of sulfonamides is 1. The van der Waals surface area contributed by atoms with Crippen molar-refractivity contribution >= 4 is 44.9 Å². The molecule has 1 aromatic carbocycles. The maximum atomic E-state index is 12.4. The molecule has 9 nitrogen and oxygen atoms in total. The Labute approximate surface area is 142 Å². The van der Waals surface area contributed by atoms with Crippen LogP contribution in [0.3, 0.4) is 0 Å². The molecule has 0 saturated heterocycles. The van der Waals surface area contributed by atoms with E-state index in [9.17, 15) is 18.0 Å². The Kier molecular flexibility index (Phi) is 5.14. The van der Waals surface area contributed by atoms with Crippen LogP contribution in [0.2, 0.25) is 0 Å². The summed E-state index contributed by atoms with van der Waals surface area (Å²) in [6, 6.07) is 5.45. The van der Waals surface area contributed by atoms with Crippen LogP contribution in [0, 0.1) is 0 Å². The van der Waals surface area contributed by atoms with E-state index >= 15 is 0 Å². The number of carbonyl (C=O) groups excluding carboxylic acids is 1. The lowest BCUT2D eigenvalue weighted by Crippen LogP contribution is -2.23. The fourth-order valence-corrected chi connectivity index (χ4v) is 3.24. The van der Waals surface area contributed by atoms with Crippen molar-refractivity contribution in [1.82, 2.24) is 9.97 Å². The van der Waals surface area contributed by atoms with E-state index in [1.165, 1.54) is 43.0 Å². The fourth-order valence-electron chi connectivity index (χ4n) is 1.78. The minimum Gasteiger partial charge on any atom is -0.382 e. The average Bonchev–Trinajstić information content (AvgIpc) is 2.50. The van der Waals surface area contributed by atoms with Gasteiger partial charge in [-0.05, 0) is 30.5 Å². The Morgan fingerprint density at radius 1 is 1.29 bits per heavy atom. The molecule has 0 aliphatic rings. The number of benzene rings is 1. The molecule has 0 spiro atoms. The highest BCUT2D eigenvalue weighted by Crippen LogP contribution is 2.20. The van der Waals surface area contributed by atoms with Crippen LogP contribution in [0.1, 0.15) is 6.92 Å². The van der Waals surface area contributed by atoms with Crippen molar-refractivity contribution in [1.29, 1.82) is 0 Å². The Morgan fingerprint density at radius 3 is 2.42 bits per heavy atom. The maximum Gasteiger partial charge on any atom is 0.278 e. The molecule has 1 heterocycles. The number of nitrogens with two attached hydrogens (primary N) is 1. The SMILES string of the molecule is CSc1nc(N)c(NS(=O)(=O)c2ccc(NC(C)=O)cc2)c(=O)[nH]1. The van der Waals surface area contributed by atoms with Crippen molar-refractivity contribution < 1.29 is 13.2 Å². The lowest BCUT2D eigenvalue weighted by Gasteiger charge is -2.10. The van der Waals surface area contributed by atoms with Crippen LogP contribution in [0.25, 0.3) is 0 Å². The summed E-state index contributed by atoms with van der Waals surface area (Å²) >= 11 is 1.17. The summed E-state index contributed by atoms with van der Waals surface area (Å²) in [4.78, 5) is 29.1. The first-order valence-electron chi connectivity index (χ1n) is 6.57. The van der Waals surface area contributed by atoms with Gasteiger partial charge in [0.25, 0.3) is 15.6 Å². The minimum absolute atomic E-state index is 0.0932. The highest BCUT2D eigenvalue weighted by atomic mass is 32.2. The largest absolute Gasteiger partial charge is 0.382 e. The van der Waals surface area contributed by atoms with Gasteiger partial charge >= 0.3 is 0 Å². The Hall–Kier alpha value is -2.53. The molecule has 0 unspecified atom stereocenters. The summed E-state index contributed by atoms with van der Waals surface area (Å²) in [5, 5.41) is 2.80. The molecule has 24 heavy (non-hydrogen) atoms. The number of amides is 1. The number of carbonyl (C=O) groups is 1. The van der Waals surface area contributed by atoms with Crippen molar-refractivity contribution in [3.05, 3.63) is 34.6 Å². The molecule has 1 amide bonds. The zero-order valence-corrected chi connectivity index (χ0v) is 14.4. The molecule has 2 rings (SSSR count). The summed E-state index contributed by atoms with van der Waals surface area (Å²) in [7, 11) is -4.03. The molecule has 0 aliphatic carbocycles. The van der Waals surface area contributed by atoms with Gasteiger partial charge in [0.2, 0.25) is 5.91 Å². The van der Waals surface area contributed by atoms with Crippen LogP contribution in [0.5, 0.6) is 0 Å². The van der Waals surface area contributed by atoms with E-state index in [1.807, 2.05) is 0 Å². The molecule has 0 aliphatic heterocycles. The van der Waals surface area contributed by atoms with E-state index in [0.29, 0.717) is 5.69 Å². The van der Waals surface area contributed by atoms with Crippen LogP contribution < -0.4 is 21.3 Å². The topological polar surface area (TPSA) is 147 Å². The van der Waals surface area contributed by atoms with E-state index in [-0.39, 0.29) is 27.5 Å². The monoisotopic (exact) mass is 369 g/mol. The molecule has 0 bridgehead atoms. The molecular weight excluding hydrogens is 354 g/mol. The number of hydrogen-bond donors (Lipinski definition) is 4. The highest BCUT2D eigenvalue weighted by molar-refractivity contribution is 7.98. The molecule has 0 fully saturated rings. The number of hydrogen-bond acceptors (Lipinski definition) is 7. The molecule has 5 N–H and O–H groups in total. The van der Waals surface area contributed by atoms with E-state index < -0.39 is 15.6 Å². The smallest absolute Gasteiger partial charge is 0.278 e. The van der Waals surface area contributed by atoms with Crippen molar-refractivity contribution in [3.8, 4) is 0 Å². The fraction of sp³-hybridized carbons (Fsp3) is 0.154. The number of H-pyrrole nitrogens is 1. The number of nitrogen functional groups attached to an aromatic ring is 1. The minimum atomic E-state index is -4.03. The van der Waals surface area contributed by atoms with Crippen LogP contribution in [0.4, 0.5) is 17.2 Å². The van der Waals surface area contributed by atoms with Crippen molar-refractivity contribution in [2.24, 2.45) is 0 Å².